The number of hydrogen-bond acceptors (Lipinski definition) is 2. The molecule has 0 saturated carbocycles. The fourth-order valence-electron chi connectivity index (χ4n) is 2.64. The number of imidazole rings is 1. The maximum Gasteiger partial charge on any atom is 0.0976 e. The molecule has 0 unspecified atom stereocenters. The lowest BCUT2D eigenvalue weighted by molar-refractivity contribution is 0.847. The predicted molar refractivity (Wildman–Crippen MR) is 97.4 cm³/mol. The molecule has 0 atom stereocenters. The molecule has 0 saturated heterocycles. The molecule has 3 aromatic rings. The molecule has 0 spiro atoms. The average molecular weight is 318 g/mol. The van der Waals surface area contributed by atoms with Gasteiger partial charge in [-0.05, 0) is 23.1 Å². The quantitative estimate of drug-likeness (QED) is 0.462. The summed E-state index contributed by atoms with van der Waals surface area (Å²) in [5, 5.41) is 11.3. The van der Waals surface area contributed by atoms with E-state index in [0.29, 0.717) is 12.3 Å². The smallest absolute Gasteiger partial charge is 0.0976 e. The summed E-state index contributed by atoms with van der Waals surface area (Å²) in [6, 6.07) is 18.8. The van der Waals surface area contributed by atoms with Crippen LogP contribution in [-0.2, 0) is 19.3 Å². The molecule has 0 aliphatic heterocycles. The summed E-state index contributed by atoms with van der Waals surface area (Å²) in [6.45, 7) is 0.792. The van der Waals surface area contributed by atoms with E-state index < -0.39 is 0 Å². The van der Waals surface area contributed by atoms with E-state index in [4.69, 9.17) is 5.41 Å². The highest BCUT2D eigenvalue weighted by molar-refractivity contribution is 5.81. The van der Waals surface area contributed by atoms with Crippen molar-refractivity contribution in [2.75, 3.05) is 6.54 Å². The Balaban J connectivity index is 1.44. The van der Waals surface area contributed by atoms with Gasteiger partial charge in [-0.1, -0.05) is 54.6 Å². The van der Waals surface area contributed by atoms with Crippen molar-refractivity contribution in [3.05, 3.63) is 89.5 Å². The molecule has 0 aliphatic carbocycles. The fraction of sp³-hybridized carbons (Fsp3) is 0.200. The van der Waals surface area contributed by atoms with Crippen molar-refractivity contribution in [2.45, 2.75) is 19.3 Å². The summed E-state index contributed by atoms with van der Waals surface area (Å²) in [5.74, 6) is 0.561. The summed E-state index contributed by atoms with van der Waals surface area (Å²) in [4.78, 5) is 7.21. The maximum atomic E-state index is 8.08. The van der Waals surface area contributed by atoms with Gasteiger partial charge < -0.3 is 10.3 Å². The van der Waals surface area contributed by atoms with Crippen molar-refractivity contribution in [3.8, 4) is 0 Å². The first-order valence-corrected chi connectivity index (χ1v) is 8.20. The van der Waals surface area contributed by atoms with E-state index in [9.17, 15) is 0 Å². The van der Waals surface area contributed by atoms with Crippen molar-refractivity contribution < 1.29 is 0 Å². The maximum absolute atomic E-state index is 8.08. The van der Waals surface area contributed by atoms with Crippen molar-refractivity contribution in [1.29, 1.82) is 5.41 Å². The molecule has 0 aliphatic rings. The summed E-state index contributed by atoms with van der Waals surface area (Å²) < 4.78 is 0. The number of aromatic nitrogens is 2. The van der Waals surface area contributed by atoms with Crippen LogP contribution in [0.25, 0.3) is 0 Å². The Morgan fingerprint density at radius 1 is 0.958 bits per heavy atom. The van der Waals surface area contributed by atoms with Crippen LogP contribution in [0.15, 0.2) is 67.1 Å². The molecule has 1 aromatic heterocycles. The van der Waals surface area contributed by atoms with Gasteiger partial charge in [0, 0.05) is 25.6 Å². The van der Waals surface area contributed by atoms with E-state index >= 15 is 0 Å². The van der Waals surface area contributed by atoms with Gasteiger partial charge >= 0.3 is 0 Å². The van der Waals surface area contributed by atoms with Gasteiger partial charge in [0.05, 0.1) is 17.9 Å². The normalized spacial score (nSPS) is 10.5. The number of benzene rings is 2. The Hall–Kier alpha value is -2.88. The van der Waals surface area contributed by atoms with Crippen LogP contribution >= 0.6 is 0 Å². The van der Waals surface area contributed by atoms with Gasteiger partial charge in [-0.25, -0.2) is 4.98 Å². The lowest BCUT2D eigenvalue weighted by Crippen LogP contribution is -2.26. The molecule has 4 heteroatoms. The van der Waals surface area contributed by atoms with Gasteiger partial charge in [0.15, 0.2) is 0 Å². The van der Waals surface area contributed by atoms with E-state index in [1.807, 2.05) is 24.4 Å². The van der Waals surface area contributed by atoms with Gasteiger partial charge in [0.2, 0.25) is 0 Å². The monoisotopic (exact) mass is 318 g/mol. The van der Waals surface area contributed by atoms with Gasteiger partial charge in [-0.2, -0.15) is 0 Å². The van der Waals surface area contributed by atoms with Gasteiger partial charge in [-0.15, -0.1) is 0 Å². The summed E-state index contributed by atoms with van der Waals surface area (Å²) in [5.41, 5.74) is 4.71. The van der Waals surface area contributed by atoms with E-state index in [-0.39, 0.29) is 0 Å². The van der Waals surface area contributed by atoms with Gasteiger partial charge in [0.25, 0.3) is 0 Å². The molecular formula is C20H22N4. The highest BCUT2D eigenvalue weighted by atomic mass is 14.9. The fourth-order valence-corrected chi connectivity index (χ4v) is 2.64. The number of hydrogen-bond donors (Lipinski definition) is 3. The molecule has 0 bridgehead atoms. The largest absolute Gasteiger partial charge is 0.373 e. The minimum absolute atomic E-state index is 0.561. The van der Waals surface area contributed by atoms with Crippen LogP contribution in [0.4, 0.5) is 0 Å². The van der Waals surface area contributed by atoms with Crippen LogP contribution < -0.4 is 5.32 Å². The second-order valence-corrected chi connectivity index (χ2v) is 5.87. The molecule has 0 fully saturated rings. The first-order valence-electron chi connectivity index (χ1n) is 8.20. The van der Waals surface area contributed by atoms with Crippen LogP contribution in [0.5, 0.6) is 0 Å². The van der Waals surface area contributed by atoms with Crippen LogP contribution in [0.1, 0.15) is 22.4 Å². The Bertz CT molecular complexity index is 746. The van der Waals surface area contributed by atoms with Crippen molar-refractivity contribution >= 4 is 5.84 Å². The van der Waals surface area contributed by atoms with Gasteiger partial charge in [0.1, 0.15) is 0 Å². The lowest BCUT2D eigenvalue weighted by Gasteiger charge is -2.09. The highest BCUT2D eigenvalue weighted by Crippen LogP contribution is 2.09. The van der Waals surface area contributed by atoms with E-state index in [2.05, 4.69) is 51.7 Å². The number of rotatable bonds is 7. The molecule has 3 rings (SSSR count). The van der Waals surface area contributed by atoms with Crippen molar-refractivity contribution in [1.82, 2.24) is 15.3 Å². The summed E-state index contributed by atoms with van der Waals surface area (Å²) in [7, 11) is 0. The van der Waals surface area contributed by atoms with Crippen LogP contribution in [0.3, 0.4) is 0 Å². The zero-order chi connectivity index (χ0) is 16.6. The zero-order valence-electron chi connectivity index (χ0n) is 13.6. The molecule has 0 radical (unpaired) electrons. The first-order chi connectivity index (χ1) is 11.8. The topological polar surface area (TPSA) is 64.6 Å². The zero-order valence-corrected chi connectivity index (χ0v) is 13.6. The van der Waals surface area contributed by atoms with Crippen LogP contribution in [0.2, 0.25) is 0 Å². The van der Waals surface area contributed by atoms with Crippen molar-refractivity contribution in [2.24, 2.45) is 0 Å². The third-order valence-electron chi connectivity index (χ3n) is 3.94. The Morgan fingerprint density at radius 3 is 2.42 bits per heavy atom. The molecule has 0 amide bonds. The molecule has 24 heavy (non-hydrogen) atoms. The molecular weight excluding hydrogens is 296 g/mol. The minimum Gasteiger partial charge on any atom is -0.373 e. The first kappa shape index (κ1) is 16.0. The molecule has 2 aromatic carbocycles. The van der Waals surface area contributed by atoms with Gasteiger partial charge in [-0.3, -0.25) is 5.41 Å². The number of H-pyrrole nitrogens is 1. The standard InChI is InChI=1S/C20H22N4/c21-20(23-11-10-16-4-2-1-3-5-16)13-18-8-6-17(7-9-18)12-19-14-22-15-24-19/h1-9,14-15H,10-13H2,(H2,21,23)(H,22,24). The average Bonchev–Trinajstić information content (AvgIpc) is 3.11. The Labute approximate surface area is 142 Å². The van der Waals surface area contributed by atoms with E-state index in [1.54, 1.807) is 6.33 Å². The molecule has 122 valence electrons. The van der Waals surface area contributed by atoms with Crippen LogP contribution in [-0.4, -0.2) is 22.3 Å². The van der Waals surface area contributed by atoms with E-state index in [1.165, 1.54) is 11.1 Å². The van der Waals surface area contributed by atoms with Crippen molar-refractivity contribution in [3.63, 3.8) is 0 Å². The highest BCUT2D eigenvalue weighted by Gasteiger charge is 2.02. The second-order valence-electron chi connectivity index (χ2n) is 5.87. The Kier molecular flexibility index (Phi) is 5.40. The third kappa shape index (κ3) is 4.81. The van der Waals surface area contributed by atoms with Crippen LogP contribution in [0, 0.1) is 5.41 Å². The predicted octanol–water partition coefficient (Wildman–Crippen LogP) is 3.35. The number of nitrogens with one attached hydrogen (secondary N) is 3. The van der Waals surface area contributed by atoms with E-state index in [0.717, 1.165) is 30.6 Å². The molecule has 3 N–H and O–H groups in total. The molecule has 4 nitrogen and oxygen atoms in total. The number of nitrogens with zero attached hydrogens (tertiary/aromatic N) is 1. The lowest BCUT2D eigenvalue weighted by atomic mass is 10.1. The minimum atomic E-state index is 0.561. The Morgan fingerprint density at radius 2 is 1.71 bits per heavy atom. The number of amidine groups is 1. The summed E-state index contributed by atoms with van der Waals surface area (Å²) in [6.07, 6.45) is 6.02. The summed E-state index contributed by atoms with van der Waals surface area (Å²) >= 11 is 0. The third-order valence-corrected chi connectivity index (χ3v) is 3.94. The molecule has 1 heterocycles. The SMILES string of the molecule is N=C(Cc1ccc(Cc2c[nH]cn2)cc1)NCCc1ccccc1. The number of aromatic amines is 1. The second kappa shape index (κ2) is 8.11.